The number of H-pyrrole nitrogens is 1. The van der Waals surface area contributed by atoms with E-state index in [1.54, 1.807) is 31.4 Å². The Bertz CT molecular complexity index is 1230. The van der Waals surface area contributed by atoms with E-state index in [9.17, 15) is 4.79 Å². The lowest BCUT2D eigenvalue weighted by Crippen LogP contribution is -2.22. The van der Waals surface area contributed by atoms with Crippen LogP contribution in [0.3, 0.4) is 0 Å². The summed E-state index contributed by atoms with van der Waals surface area (Å²) >= 11 is 5.93. The summed E-state index contributed by atoms with van der Waals surface area (Å²) in [6, 6.07) is 14.6. The van der Waals surface area contributed by atoms with Gasteiger partial charge < -0.3 is 28.9 Å². The normalized spacial score (nSPS) is 10.8. The van der Waals surface area contributed by atoms with E-state index in [0.717, 1.165) is 10.9 Å². The molecule has 2 N–H and O–H groups in total. The van der Waals surface area contributed by atoms with Crippen molar-refractivity contribution in [2.75, 3.05) is 21.3 Å². The highest BCUT2D eigenvalue weighted by Crippen LogP contribution is 2.43. The number of nitrogens with one attached hydrogen (secondary N) is 2. The molecule has 2 aromatic heterocycles. The Morgan fingerprint density at radius 3 is 2.42 bits per heavy atom. The fourth-order valence-electron chi connectivity index (χ4n) is 3.37. The lowest BCUT2D eigenvalue weighted by atomic mass is 10.2. The van der Waals surface area contributed by atoms with Crippen molar-refractivity contribution in [3.63, 3.8) is 0 Å². The van der Waals surface area contributed by atoms with E-state index in [1.165, 1.54) is 14.2 Å². The highest BCUT2D eigenvalue weighted by Gasteiger charge is 2.20. The van der Waals surface area contributed by atoms with Crippen LogP contribution in [0, 0.1) is 0 Å². The van der Waals surface area contributed by atoms with Crippen LogP contribution in [0.2, 0.25) is 5.02 Å². The minimum atomic E-state index is -0.277. The third kappa shape index (κ3) is 4.04. The summed E-state index contributed by atoms with van der Waals surface area (Å²) in [5, 5.41) is 4.28. The summed E-state index contributed by atoms with van der Waals surface area (Å²) in [6.45, 7) is 0.242. The quantitative estimate of drug-likeness (QED) is 0.420. The first-order valence-corrected chi connectivity index (χ1v) is 9.86. The summed E-state index contributed by atoms with van der Waals surface area (Å²) in [5.41, 5.74) is 1.94. The number of rotatable bonds is 7. The van der Waals surface area contributed by atoms with Crippen molar-refractivity contribution in [2.24, 2.45) is 0 Å². The molecule has 0 aliphatic heterocycles. The molecule has 2 heterocycles. The van der Waals surface area contributed by atoms with Crippen molar-refractivity contribution >= 4 is 28.4 Å². The number of carbonyl (C=O) groups is 1. The second-order valence-electron chi connectivity index (χ2n) is 6.75. The van der Waals surface area contributed by atoms with Gasteiger partial charge in [-0.15, -0.1) is 0 Å². The number of benzene rings is 2. The van der Waals surface area contributed by atoms with Crippen molar-refractivity contribution in [3.05, 3.63) is 65.0 Å². The maximum absolute atomic E-state index is 12.7. The van der Waals surface area contributed by atoms with Gasteiger partial charge in [-0.25, -0.2) is 0 Å². The van der Waals surface area contributed by atoms with Crippen LogP contribution >= 0.6 is 11.6 Å². The zero-order valence-electron chi connectivity index (χ0n) is 17.2. The molecule has 0 spiro atoms. The average Bonchev–Trinajstić information content (AvgIpc) is 3.43. The van der Waals surface area contributed by atoms with E-state index in [-0.39, 0.29) is 12.5 Å². The number of halogens is 1. The number of ether oxygens (including phenoxy) is 3. The molecular formula is C23H21ClN2O5. The van der Waals surface area contributed by atoms with Gasteiger partial charge in [0.25, 0.3) is 5.91 Å². The first kappa shape index (κ1) is 20.7. The maximum Gasteiger partial charge on any atom is 0.268 e. The van der Waals surface area contributed by atoms with Crippen LogP contribution < -0.4 is 19.5 Å². The summed E-state index contributed by atoms with van der Waals surface area (Å²) in [4.78, 5) is 15.8. The van der Waals surface area contributed by atoms with Crippen molar-refractivity contribution < 1.29 is 23.4 Å². The summed E-state index contributed by atoms with van der Waals surface area (Å²) in [7, 11) is 4.61. The SMILES string of the molecule is COc1cc2cc(C(=O)NCc3ccc(-c4ccc(Cl)cc4)o3)[nH]c2c(OC)c1OC. The second-order valence-corrected chi connectivity index (χ2v) is 7.18. The summed E-state index contributed by atoms with van der Waals surface area (Å²) < 4.78 is 22.1. The Hall–Kier alpha value is -3.58. The standard InChI is InChI=1S/C23H21ClN2O5/c1-28-19-11-14-10-17(26-20(14)22(30-3)21(19)29-2)23(27)25-12-16-8-9-18(31-16)13-4-6-15(24)7-5-13/h4-11,26H,12H2,1-3H3,(H,25,27). The minimum Gasteiger partial charge on any atom is -0.493 e. The lowest BCUT2D eigenvalue weighted by molar-refractivity contribution is 0.0944. The van der Waals surface area contributed by atoms with Crippen LogP contribution in [0.15, 0.2) is 52.9 Å². The van der Waals surface area contributed by atoms with Gasteiger partial charge in [0, 0.05) is 16.0 Å². The van der Waals surface area contributed by atoms with Crippen LogP contribution in [0.5, 0.6) is 17.2 Å². The molecule has 0 aliphatic rings. The number of fused-ring (bicyclic) bond motifs is 1. The van der Waals surface area contributed by atoms with Crippen LogP contribution in [0.25, 0.3) is 22.2 Å². The van der Waals surface area contributed by atoms with Crippen LogP contribution in [-0.4, -0.2) is 32.2 Å². The van der Waals surface area contributed by atoms with Crippen LogP contribution in [0.4, 0.5) is 0 Å². The van der Waals surface area contributed by atoms with Crippen LogP contribution in [0.1, 0.15) is 16.2 Å². The molecule has 1 amide bonds. The molecule has 160 valence electrons. The Kier molecular flexibility index (Phi) is 5.77. The summed E-state index contributed by atoms with van der Waals surface area (Å²) in [6.07, 6.45) is 0. The minimum absolute atomic E-state index is 0.242. The first-order chi connectivity index (χ1) is 15.0. The Morgan fingerprint density at radius 2 is 1.74 bits per heavy atom. The van der Waals surface area contributed by atoms with Gasteiger partial charge in [0.1, 0.15) is 17.2 Å². The number of aromatic amines is 1. The van der Waals surface area contributed by atoms with Crippen molar-refractivity contribution in [2.45, 2.75) is 6.54 Å². The van der Waals surface area contributed by atoms with Gasteiger partial charge in [-0.2, -0.15) is 0 Å². The molecule has 0 saturated carbocycles. The fraction of sp³-hybridized carbons (Fsp3) is 0.174. The van der Waals surface area contributed by atoms with Gasteiger partial charge in [0.05, 0.1) is 33.4 Å². The van der Waals surface area contributed by atoms with E-state index in [1.807, 2.05) is 24.3 Å². The van der Waals surface area contributed by atoms with E-state index < -0.39 is 0 Å². The van der Waals surface area contributed by atoms with E-state index in [0.29, 0.717) is 45.0 Å². The van der Waals surface area contributed by atoms with Crippen LogP contribution in [-0.2, 0) is 6.54 Å². The molecule has 2 aromatic carbocycles. The zero-order valence-corrected chi connectivity index (χ0v) is 18.0. The molecule has 0 unspecified atom stereocenters. The highest BCUT2D eigenvalue weighted by atomic mass is 35.5. The number of amides is 1. The molecule has 0 aliphatic carbocycles. The van der Waals surface area contributed by atoms with Crippen molar-refractivity contribution in [3.8, 4) is 28.6 Å². The monoisotopic (exact) mass is 440 g/mol. The van der Waals surface area contributed by atoms with Gasteiger partial charge >= 0.3 is 0 Å². The molecule has 0 saturated heterocycles. The molecule has 31 heavy (non-hydrogen) atoms. The Morgan fingerprint density at radius 1 is 1.00 bits per heavy atom. The topological polar surface area (TPSA) is 85.7 Å². The van der Waals surface area contributed by atoms with Gasteiger partial charge in [-0.3, -0.25) is 4.79 Å². The smallest absolute Gasteiger partial charge is 0.268 e. The third-order valence-electron chi connectivity index (χ3n) is 4.88. The van der Waals surface area contributed by atoms with E-state index in [4.69, 9.17) is 30.2 Å². The molecular weight excluding hydrogens is 420 g/mol. The van der Waals surface area contributed by atoms with Crippen molar-refractivity contribution in [1.82, 2.24) is 10.3 Å². The lowest BCUT2D eigenvalue weighted by Gasteiger charge is -2.12. The van der Waals surface area contributed by atoms with Gasteiger partial charge in [0.2, 0.25) is 5.75 Å². The number of methoxy groups -OCH3 is 3. The summed E-state index contributed by atoms with van der Waals surface area (Å²) in [5.74, 6) is 2.50. The van der Waals surface area contributed by atoms with Gasteiger partial charge in [-0.1, -0.05) is 11.6 Å². The average molecular weight is 441 g/mol. The third-order valence-corrected chi connectivity index (χ3v) is 5.13. The molecule has 0 bridgehead atoms. The predicted molar refractivity (Wildman–Crippen MR) is 118 cm³/mol. The number of carbonyl (C=O) groups excluding carboxylic acids is 1. The number of furan rings is 1. The second kappa shape index (κ2) is 8.65. The first-order valence-electron chi connectivity index (χ1n) is 9.48. The van der Waals surface area contributed by atoms with Gasteiger partial charge in [0.15, 0.2) is 11.5 Å². The fourth-order valence-corrected chi connectivity index (χ4v) is 3.50. The number of hydrogen-bond donors (Lipinski definition) is 2. The Labute approximate surface area is 183 Å². The molecule has 0 atom stereocenters. The molecule has 0 fully saturated rings. The van der Waals surface area contributed by atoms with E-state index in [2.05, 4.69) is 10.3 Å². The maximum atomic E-state index is 12.7. The molecule has 8 heteroatoms. The molecule has 0 radical (unpaired) electrons. The Balaban J connectivity index is 1.52. The largest absolute Gasteiger partial charge is 0.493 e. The molecule has 4 aromatic rings. The predicted octanol–water partition coefficient (Wildman–Crippen LogP) is 5.04. The molecule has 7 nitrogen and oxygen atoms in total. The number of aromatic nitrogens is 1. The van der Waals surface area contributed by atoms with E-state index >= 15 is 0 Å². The number of hydrogen-bond acceptors (Lipinski definition) is 5. The zero-order chi connectivity index (χ0) is 22.0. The highest BCUT2D eigenvalue weighted by molar-refractivity contribution is 6.30. The van der Waals surface area contributed by atoms with Crippen molar-refractivity contribution in [1.29, 1.82) is 0 Å². The molecule has 4 rings (SSSR count). The van der Waals surface area contributed by atoms with Gasteiger partial charge in [-0.05, 0) is 48.5 Å².